The Morgan fingerprint density at radius 3 is 2.90 bits per heavy atom. The summed E-state index contributed by atoms with van der Waals surface area (Å²) in [6.07, 6.45) is 9.23. The van der Waals surface area contributed by atoms with Crippen LogP contribution in [0, 0.1) is 0 Å². The van der Waals surface area contributed by atoms with Gasteiger partial charge in [0.05, 0.1) is 6.61 Å². The third-order valence-corrected chi connectivity index (χ3v) is 5.92. The van der Waals surface area contributed by atoms with Gasteiger partial charge in [-0.1, -0.05) is 37.5 Å². The molecule has 110 valence electrons. The lowest BCUT2D eigenvalue weighted by Crippen LogP contribution is -2.20. The van der Waals surface area contributed by atoms with Crippen molar-refractivity contribution in [3.63, 3.8) is 0 Å². The van der Waals surface area contributed by atoms with Crippen molar-refractivity contribution in [2.75, 3.05) is 12.4 Å². The van der Waals surface area contributed by atoms with Gasteiger partial charge >= 0.3 is 0 Å². The van der Waals surface area contributed by atoms with Gasteiger partial charge in [0.1, 0.15) is 5.75 Å². The molecule has 3 rings (SSSR count). The monoisotopic (exact) mass is 291 g/mol. The number of hydrogen-bond donors (Lipinski definition) is 1. The van der Waals surface area contributed by atoms with E-state index < -0.39 is 0 Å². The molecule has 1 aromatic rings. The Morgan fingerprint density at radius 2 is 2.05 bits per heavy atom. The SMILES string of the molecule is NC(CSC1CCCCC1)c1cccc2c1OCCC2. The van der Waals surface area contributed by atoms with Crippen molar-refractivity contribution >= 4 is 11.8 Å². The zero-order valence-corrected chi connectivity index (χ0v) is 13.0. The van der Waals surface area contributed by atoms with Gasteiger partial charge in [-0.15, -0.1) is 0 Å². The molecule has 0 amide bonds. The first-order chi connectivity index (χ1) is 9.84. The van der Waals surface area contributed by atoms with Crippen LogP contribution in [0.3, 0.4) is 0 Å². The fourth-order valence-corrected chi connectivity index (χ4v) is 4.59. The van der Waals surface area contributed by atoms with Crippen molar-refractivity contribution in [2.24, 2.45) is 5.73 Å². The first kappa shape index (κ1) is 14.3. The summed E-state index contributed by atoms with van der Waals surface area (Å²) in [5, 5.41) is 0.829. The predicted molar refractivity (Wildman–Crippen MR) is 86.5 cm³/mol. The third-order valence-electron chi connectivity index (χ3n) is 4.43. The number of para-hydroxylation sites is 1. The average Bonchev–Trinajstić information content (AvgIpc) is 2.53. The minimum atomic E-state index is 0.106. The molecule has 2 N–H and O–H groups in total. The van der Waals surface area contributed by atoms with E-state index in [1.165, 1.54) is 43.2 Å². The molecule has 0 spiro atoms. The molecule has 1 aliphatic heterocycles. The normalized spacial score (nSPS) is 21.1. The zero-order valence-electron chi connectivity index (χ0n) is 12.1. The summed E-state index contributed by atoms with van der Waals surface area (Å²) in [5.41, 5.74) is 8.99. The molecule has 0 bridgehead atoms. The van der Waals surface area contributed by atoms with Crippen molar-refractivity contribution in [3.8, 4) is 5.75 Å². The molecule has 1 fully saturated rings. The van der Waals surface area contributed by atoms with E-state index in [0.29, 0.717) is 0 Å². The largest absolute Gasteiger partial charge is 0.493 e. The Bertz CT molecular complexity index is 443. The third kappa shape index (κ3) is 3.32. The maximum Gasteiger partial charge on any atom is 0.127 e. The Morgan fingerprint density at radius 1 is 1.20 bits per heavy atom. The highest BCUT2D eigenvalue weighted by Gasteiger charge is 2.20. The smallest absolute Gasteiger partial charge is 0.127 e. The van der Waals surface area contributed by atoms with Gasteiger partial charge in [-0.05, 0) is 31.2 Å². The summed E-state index contributed by atoms with van der Waals surface area (Å²) in [6, 6.07) is 6.57. The molecule has 1 heterocycles. The van der Waals surface area contributed by atoms with Gasteiger partial charge < -0.3 is 10.5 Å². The van der Waals surface area contributed by atoms with Crippen molar-refractivity contribution in [2.45, 2.75) is 56.2 Å². The maximum atomic E-state index is 6.44. The van der Waals surface area contributed by atoms with E-state index in [1.807, 2.05) is 0 Å². The van der Waals surface area contributed by atoms with Crippen LogP contribution in [0.5, 0.6) is 5.75 Å². The van der Waals surface area contributed by atoms with Gasteiger partial charge in [-0.25, -0.2) is 0 Å². The number of rotatable bonds is 4. The van der Waals surface area contributed by atoms with Gasteiger partial charge in [-0.3, -0.25) is 0 Å². The second kappa shape index (κ2) is 6.86. The van der Waals surface area contributed by atoms with Crippen LogP contribution in [0.15, 0.2) is 18.2 Å². The molecule has 1 aromatic carbocycles. The van der Waals surface area contributed by atoms with Crippen molar-refractivity contribution in [3.05, 3.63) is 29.3 Å². The topological polar surface area (TPSA) is 35.2 Å². The number of fused-ring (bicyclic) bond motifs is 1. The van der Waals surface area contributed by atoms with E-state index in [9.17, 15) is 0 Å². The summed E-state index contributed by atoms with van der Waals surface area (Å²) in [5.74, 6) is 2.10. The molecule has 1 saturated carbocycles. The van der Waals surface area contributed by atoms with E-state index >= 15 is 0 Å². The Hall–Kier alpha value is -0.670. The summed E-state index contributed by atoms with van der Waals surface area (Å²) in [6.45, 7) is 0.840. The van der Waals surface area contributed by atoms with E-state index in [0.717, 1.165) is 36.2 Å². The van der Waals surface area contributed by atoms with Gasteiger partial charge in [0.25, 0.3) is 0 Å². The van der Waals surface area contributed by atoms with Crippen molar-refractivity contribution in [1.82, 2.24) is 0 Å². The highest BCUT2D eigenvalue weighted by atomic mass is 32.2. The number of thioether (sulfide) groups is 1. The van der Waals surface area contributed by atoms with Crippen LogP contribution in [0.4, 0.5) is 0 Å². The average molecular weight is 291 g/mol. The molecule has 1 atom stereocenters. The fourth-order valence-electron chi connectivity index (χ4n) is 3.27. The standard InChI is InChI=1S/C17H25NOS/c18-16(12-20-14-8-2-1-3-9-14)15-10-4-6-13-7-5-11-19-17(13)15/h4,6,10,14,16H,1-3,5,7-9,11-12,18H2. The lowest BCUT2D eigenvalue weighted by molar-refractivity contribution is 0.284. The van der Waals surface area contributed by atoms with E-state index in [2.05, 4.69) is 30.0 Å². The van der Waals surface area contributed by atoms with Gasteiger partial charge in [0.2, 0.25) is 0 Å². The molecule has 0 aromatic heterocycles. The Kier molecular flexibility index (Phi) is 4.90. The molecule has 0 radical (unpaired) electrons. The molecule has 1 aliphatic carbocycles. The lowest BCUT2D eigenvalue weighted by Gasteiger charge is -2.25. The number of hydrogen-bond acceptors (Lipinski definition) is 3. The summed E-state index contributed by atoms with van der Waals surface area (Å²) < 4.78 is 5.88. The van der Waals surface area contributed by atoms with Crippen LogP contribution in [0.2, 0.25) is 0 Å². The molecule has 2 aliphatic rings. The van der Waals surface area contributed by atoms with E-state index in [1.54, 1.807) is 0 Å². The van der Waals surface area contributed by atoms with Crippen LogP contribution >= 0.6 is 11.8 Å². The number of ether oxygens (including phenoxy) is 1. The summed E-state index contributed by atoms with van der Waals surface area (Å²) >= 11 is 2.07. The van der Waals surface area contributed by atoms with Gasteiger partial charge in [-0.2, -0.15) is 11.8 Å². The summed E-state index contributed by atoms with van der Waals surface area (Å²) in [7, 11) is 0. The van der Waals surface area contributed by atoms with E-state index in [-0.39, 0.29) is 6.04 Å². The molecule has 0 saturated heterocycles. The minimum Gasteiger partial charge on any atom is -0.493 e. The zero-order chi connectivity index (χ0) is 13.8. The van der Waals surface area contributed by atoms with Crippen molar-refractivity contribution in [1.29, 1.82) is 0 Å². The molecular weight excluding hydrogens is 266 g/mol. The molecular formula is C17H25NOS. The fraction of sp³-hybridized carbons (Fsp3) is 0.647. The van der Waals surface area contributed by atoms with Crippen LogP contribution in [0.1, 0.15) is 55.7 Å². The quantitative estimate of drug-likeness (QED) is 0.908. The van der Waals surface area contributed by atoms with Gasteiger partial charge in [0, 0.05) is 22.6 Å². The maximum absolute atomic E-state index is 6.44. The predicted octanol–water partition coefficient (Wildman–Crippen LogP) is 4.08. The minimum absolute atomic E-state index is 0.106. The van der Waals surface area contributed by atoms with Gasteiger partial charge in [0.15, 0.2) is 0 Å². The number of aryl methyl sites for hydroxylation is 1. The molecule has 2 nitrogen and oxygen atoms in total. The van der Waals surface area contributed by atoms with Crippen LogP contribution < -0.4 is 10.5 Å². The van der Waals surface area contributed by atoms with Crippen molar-refractivity contribution < 1.29 is 4.74 Å². The van der Waals surface area contributed by atoms with Crippen LogP contribution in [-0.4, -0.2) is 17.6 Å². The highest BCUT2D eigenvalue weighted by Crippen LogP contribution is 2.35. The second-order valence-corrected chi connectivity index (χ2v) is 7.32. The first-order valence-electron chi connectivity index (χ1n) is 7.96. The molecule has 20 heavy (non-hydrogen) atoms. The highest BCUT2D eigenvalue weighted by molar-refractivity contribution is 7.99. The number of benzene rings is 1. The van der Waals surface area contributed by atoms with Crippen LogP contribution in [0.25, 0.3) is 0 Å². The summed E-state index contributed by atoms with van der Waals surface area (Å²) in [4.78, 5) is 0. The molecule has 3 heteroatoms. The van der Waals surface area contributed by atoms with Crippen LogP contribution in [-0.2, 0) is 6.42 Å². The van der Waals surface area contributed by atoms with E-state index in [4.69, 9.17) is 10.5 Å². The number of nitrogens with two attached hydrogens (primary N) is 1. The lowest BCUT2D eigenvalue weighted by atomic mass is 9.99. The Balaban J connectivity index is 1.63. The Labute approximate surface area is 126 Å². The second-order valence-electron chi connectivity index (χ2n) is 5.99. The molecule has 1 unspecified atom stereocenters. The first-order valence-corrected chi connectivity index (χ1v) is 9.01.